The van der Waals surface area contributed by atoms with Crippen molar-refractivity contribution in [1.29, 1.82) is 0 Å². The average molecular weight is 1390 g/mol. The Balaban J connectivity index is 1.21. The predicted molar refractivity (Wildman–Crippen MR) is 346 cm³/mol. The van der Waals surface area contributed by atoms with E-state index >= 15 is 9.59 Å². The van der Waals surface area contributed by atoms with Crippen LogP contribution in [0.3, 0.4) is 0 Å². The van der Waals surface area contributed by atoms with Crippen molar-refractivity contribution < 1.29 is 103 Å². The van der Waals surface area contributed by atoms with Crippen molar-refractivity contribution in [2.24, 2.45) is 29.2 Å². The molecule has 7 aliphatic heterocycles. The standard InChI is InChI=1S/C68H80Cl2N6O21/c1-28(2)14-43(73-5)66(91)76-56-47(82)19-34(22-53(71)83)64(89)75-42-10-9-37-30-6-11-44(79)38(16-30)55-35(15-36(78)23-46(55)81)26-74-65(90)39(24-45(37)80)57(84)31-7-12-48(40(69)17-31)93-50-20-33(42)21-51(94-49-13-8-32(58(56)85)18-41(49)70)61(50)97-67-62(60(87)59(86)52(27-77)95-67)96-54-25-68(4,72)63(88)29(3)92-54/h6-8,11-13,15-18,20-21,23,28-29,34,37,39,42-43,52,54,56-60,62-63,67,73,77-79,81,84-88H,9-10,14,19,22,24-27,72H2,1-5H3,(H2,71,83)(H,74,90)(H,75,89)(H,76,91)/t29-,34-,37-,39-,42-,43+,52?,54-,56-,57+,58+,59?,60-,62+,63+,67?,68?/m0/s1. The largest absolute Gasteiger partial charge is 0.508 e. The molecule has 0 aliphatic carbocycles. The van der Waals surface area contributed by atoms with Crippen LogP contribution in [-0.4, -0.2) is 162 Å². The number of amides is 4. The van der Waals surface area contributed by atoms with E-state index in [9.17, 15) is 65.1 Å². The monoisotopic (exact) mass is 1390 g/mol. The molecule has 0 radical (unpaired) electrons. The summed E-state index contributed by atoms with van der Waals surface area (Å²) in [4.78, 5) is 87.7. The zero-order valence-corrected chi connectivity index (χ0v) is 55.0. The number of fused-ring (bicyclic) bond motifs is 15. The summed E-state index contributed by atoms with van der Waals surface area (Å²) >= 11 is 14.3. The van der Waals surface area contributed by atoms with Gasteiger partial charge in [0.1, 0.15) is 65.0 Å². The number of benzene rings is 5. The minimum Gasteiger partial charge on any atom is -0.508 e. The van der Waals surface area contributed by atoms with E-state index in [1.807, 2.05) is 13.8 Å². The molecule has 4 amide bonds. The van der Waals surface area contributed by atoms with Gasteiger partial charge in [-0.15, -0.1) is 0 Å². The van der Waals surface area contributed by atoms with Gasteiger partial charge < -0.3 is 107 Å². The summed E-state index contributed by atoms with van der Waals surface area (Å²) in [5, 5.41) is 114. The molecule has 17 atom stereocenters. The third-order valence-electron chi connectivity index (χ3n) is 18.5. The summed E-state index contributed by atoms with van der Waals surface area (Å²) in [6, 6.07) is 12.9. The smallest absolute Gasteiger partial charge is 0.237 e. The van der Waals surface area contributed by atoms with Gasteiger partial charge in [-0.2, -0.15) is 0 Å². The van der Waals surface area contributed by atoms with E-state index in [1.165, 1.54) is 79.8 Å². The summed E-state index contributed by atoms with van der Waals surface area (Å²) < 4.78 is 38.9. The summed E-state index contributed by atoms with van der Waals surface area (Å²) in [5.41, 5.74) is 11.3. The molecule has 0 spiro atoms. The first-order valence-corrected chi connectivity index (χ1v) is 32.5. The number of aliphatic hydroxyl groups is 6. The van der Waals surface area contributed by atoms with Gasteiger partial charge in [-0.3, -0.25) is 28.8 Å². The van der Waals surface area contributed by atoms with Gasteiger partial charge in [0.2, 0.25) is 35.7 Å². The SMILES string of the molecule is CN[C@H](CC(C)C)C(=O)N[C@H]1C(=O)C[C@@H](CC(N)=O)C(=O)N[C@H]2CC[C@@H]3C(=O)C[C@H](C(=O)NCc4cc(O)cc(O)c4-c4cc3ccc4O)[C@H](O)c3ccc(c(Cl)c3)Oc3cc2cc(c3OC2OC(CO)C(O)[C@H](O)[C@H]2O[C@H]2CC(C)(N)[C@H](O)[C@H](C)O2)Oc2ccc(cc2Cl)[C@H]1O. The van der Waals surface area contributed by atoms with E-state index in [1.54, 1.807) is 13.8 Å². The quantitative estimate of drug-likeness (QED) is 0.0824. The van der Waals surface area contributed by atoms with Crippen LogP contribution in [-0.2, 0) is 49.5 Å². The Kier molecular flexibility index (Phi) is 22.1. The maximum Gasteiger partial charge on any atom is 0.237 e. The van der Waals surface area contributed by atoms with Crippen LogP contribution >= 0.6 is 23.2 Å². The van der Waals surface area contributed by atoms with Crippen LogP contribution in [0.1, 0.15) is 125 Å². The number of rotatable bonds is 12. The Morgan fingerprint density at radius 3 is 2.03 bits per heavy atom. The van der Waals surface area contributed by atoms with Gasteiger partial charge in [-0.05, 0) is 128 Å². The van der Waals surface area contributed by atoms with Gasteiger partial charge in [0.15, 0.2) is 29.7 Å². The molecule has 11 bridgehead atoms. The summed E-state index contributed by atoms with van der Waals surface area (Å²) in [5.74, 6) is -12.6. The number of Topliss-reactive ketones (excluding diaryl/α,β-unsaturated/α-hetero) is 2. The van der Waals surface area contributed by atoms with E-state index in [2.05, 4.69) is 21.3 Å². The molecule has 17 N–H and O–H groups in total. The Morgan fingerprint density at radius 2 is 1.42 bits per heavy atom. The second-order valence-corrected chi connectivity index (χ2v) is 26.9. The fraction of sp³-hybridized carbons (Fsp3) is 0.471. The van der Waals surface area contributed by atoms with Crippen molar-refractivity contribution in [3.63, 3.8) is 0 Å². The van der Waals surface area contributed by atoms with Crippen molar-refractivity contribution in [3.8, 4) is 57.1 Å². The van der Waals surface area contributed by atoms with Crippen LogP contribution in [0.5, 0.6) is 46.0 Å². The molecule has 0 saturated carbocycles. The van der Waals surface area contributed by atoms with Crippen LogP contribution in [0.2, 0.25) is 10.0 Å². The normalized spacial score (nSPS) is 29.7. The Bertz CT molecular complexity index is 3820. The maximum atomic E-state index is 15.5. The third-order valence-corrected chi connectivity index (χ3v) is 19.0. The van der Waals surface area contributed by atoms with Gasteiger partial charge in [-0.25, -0.2) is 0 Å². The number of phenolic OH excluding ortho intramolecular Hbond substituents is 3. The van der Waals surface area contributed by atoms with Gasteiger partial charge in [-0.1, -0.05) is 55.2 Å². The Labute approximate surface area is 567 Å². The van der Waals surface area contributed by atoms with Crippen LogP contribution in [0.25, 0.3) is 11.1 Å². The number of carbonyl (C=O) groups is 6. The number of ether oxygens (including phenoxy) is 6. The number of hydrogen-bond donors (Lipinski definition) is 15. The van der Waals surface area contributed by atoms with Gasteiger partial charge >= 0.3 is 0 Å². The zero-order chi connectivity index (χ0) is 70.2. The van der Waals surface area contributed by atoms with E-state index in [4.69, 9.17) is 63.1 Å². The lowest BCUT2D eigenvalue weighted by molar-refractivity contribution is -0.333. The molecular formula is C68H80Cl2N6O21. The zero-order valence-electron chi connectivity index (χ0n) is 53.5. The summed E-state index contributed by atoms with van der Waals surface area (Å²) in [7, 11) is 1.54. The Hall–Kier alpha value is -7.74. The maximum absolute atomic E-state index is 15.5. The molecule has 29 heteroatoms. The molecular weight excluding hydrogens is 1310 g/mol. The molecule has 522 valence electrons. The number of primary amides is 1. The molecule has 12 rings (SSSR count). The first kappa shape index (κ1) is 72.0. The van der Waals surface area contributed by atoms with Gasteiger partial charge in [0.05, 0.1) is 58.9 Å². The van der Waals surface area contributed by atoms with Crippen LogP contribution in [0.15, 0.2) is 78.9 Å². The van der Waals surface area contributed by atoms with Crippen LogP contribution < -0.4 is 46.9 Å². The highest BCUT2D eigenvalue weighted by Gasteiger charge is 2.51. The number of aromatic hydroxyl groups is 3. The molecule has 27 nitrogen and oxygen atoms in total. The second-order valence-electron chi connectivity index (χ2n) is 26.1. The molecule has 2 fully saturated rings. The molecule has 7 aliphatic rings. The first-order chi connectivity index (χ1) is 45.9. The highest BCUT2D eigenvalue weighted by atomic mass is 35.5. The molecule has 5 aromatic carbocycles. The number of likely N-dealkylation sites (N-methyl/N-ethyl adjacent to an activating group) is 1. The molecule has 0 aromatic heterocycles. The lowest BCUT2D eigenvalue weighted by Crippen LogP contribution is -2.64. The van der Waals surface area contributed by atoms with Crippen molar-refractivity contribution in [3.05, 3.63) is 117 Å². The number of nitrogens with two attached hydrogens (primary N) is 2. The highest BCUT2D eigenvalue weighted by Crippen LogP contribution is 2.50. The van der Waals surface area contributed by atoms with Crippen LogP contribution in [0, 0.1) is 17.8 Å². The number of halogens is 2. The number of carbonyl (C=O) groups excluding carboxylic acids is 6. The molecule has 4 unspecified atom stereocenters. The van der Waals surface area contributed by atoms with Crippen molar-refractivity contribution in [2.45, 2.75) is 170 Å². The van der Waals surface area contributed by atoms with E-state index < -0.39 is 188 Å². The predicted octanol–water partition coefficient (Wildman–Crippen LogP) is 4.37. The average Bonchev–Trinajstić information content (AvgIpc) is 0.989. The fourth-order valence-electron chi connectivity index (χ4n) is 13.2. The van der Waals surface area contributed by atoms with E-state index in [0.29, 0.717) is 6.42 Å². The minimum atomic E-state index is -1.93. The van der Waals surface area contributed by atoms with E-state index in [0.717, 1.165) is 6.07 Å². The van der Waals surface area contributed by atoms with Gasteiger partial charge in [0, 0.05) is 60.9 Å². The van der Waals surface area contributed by atoms with E-state index in [-0.39, 0.29) is 103 Å². The minimum absolute atomic E-state index is 0.0153. The lowest BCUT2D eigenvalue weighted by atomic mass is 9.80. The summed E-state index contributed by atoms with van der Waals surface area (Å²) in [6.07, 6.45) is -18.8. The van der Waals surface area contributed by atoms with Gasteiger partial charge in [0.25, 0.3) is 0 Å². The molecule has 5 aromatic rings. The number of aliphatic hydroxyl groups excluding tert-OH is 6. The number of phenols is 3. The fourth-order valence-corrected chi connectivity index (χ4v) is 13.7. The third kappa shape index (κ3) is 15.7. The highest BCUT2D eigenvalue weighted by molar-refractivity contribution is 6.32. The van der Waals surface area contributed by atoms with Crippen molar-refractivity contribution in [2.75, 3.05) is 13.7 Å². The Morgan fingerprint density at radius 1 is 0.773 bits per heavy atom. The molecule has 97 heavy (non-hydrogen) atoms. The molecule has 7 heterocycles. The number of hydrogen-bond acceptors (Lipinski definition) is 23. The van der Waals surface area contributed by atoms with Crippen LogP contribution in [0.4, 0.5) is 0 Å². The summed E-state index contributed by atoms with van der Waals surface area (Å²) in [6.45, 7) is 5.57. The molecule has 2 saturated heterocycles. The number of nitrogens with one attached hydrogen (secondary N) is 4. The lowest BCUT2D eigenvalue weighted by Gasteiger charge is -2.47. The van der Waals surface area contributed by atoms with Crippen molar-refractivity contribution in [1.82, 2.24) is 21.3 Å². The number of ketones is 2. The topological polar surface area (TPSA) is 440 Å². The first-order valence-electron chi connectivity index (χ1n) is 31.8. The second kappa shape index (κ2) is 29.8. The van der Waals surface area contributed by atoms with Crippen molar-refractivity contribution >= 4 is 58.4 Å².